The van der Waals surface area contributed by atoms with E-state index in [1.807, 2.05) is 37.3 Å². The number of rotatable bonds is 3. The molecule has 7 heteroatoms. The molecule has 5 nitrogen and oxygen atoms in total. The number of sulfonamides is 1. The average Bonchev–Trinajstić information content (AvgIpc) is 2.67. The van der Waals surface area contributed by atoms with E-state index in [4.69, 9.17) is 0 Å². The van der Waals surface area contributed by atoms with Gasteiger partial charge in [0.2, 0.25) is 5.91 Å². The largest absolute Gasteiger partial charge is 0.323 e. The molecule has 1 aliphatic rings. The number of benzene rings is 3. The molecule has 0 fully saturated rings. The molecule has 1 heterocycles. The van der Waals surface area contributed by atoms with Crippen LogP contribution in [0.25, 0.3) is 11.1 Å². The Bertz CT molecular complexity index is 1190. The number of nitrogens with one attached hydrogen (secondary N) is 1. The van der Waals surface area contributed by atoms with Crippen LogP contribution in [0.3, 0.4) is 0 Å². The van der Waals surface area contributed by atoms with Crippen molar-refractivity contribution in [1.82, 2.24) is 0 Å². The van der Waals surface area contributed by atoms with Gasteiger partial charge in [-0.15, -0.1) is 0 Å². The molecule has 28 heavy (non-hydrogen) atoms. The summed E-state index contributed by atoms with van der Waals surface area (Å²) in [7, 11) is -3.85. The fourth-order valence-corrected chi connectivity index (χ4v) is 5.33. The Morgan fingerprint density at radius 3 is 2.50 bits per heavy atom. The number of nitrogens with zero attached hydrogens (tertiary/aromatic N) is 1. The number of carbonyl (C=O) groups excluding carboxylic acids is 1. The van der Waals surface area contributed by atoms with Gasteiger partial charge in [-0.25, -0.2) is 8.42 Å². The summed E-state index contributed by atoms with van der Waals surface area (Å²) in [6.07, 6.45) is 0. The van der Waals surface area contributed by atoms with Gasteiger partial charge in [0, 0.05) is 15.6 Å². The lowest BCUT2D eigenvalue weighted by atomic mass is 10.0. The number of halogens is 1. The van der Waals surface area contributed by atoms with Crippen LogP contribution >= 0.6 is 15.9 Å². The lowest BCUT2D eigenvalue weighted by Gasteiger charge is -2.31. The minimum atomic E-state index is -3.85. The highest BCUT2D eigenvalue weighted by Crippen LogP contribution is 2.43. The zero-order chi connectivity index (χ0) is 19.9. The maximum absolute atomic E-state index is 13.2. The molecule has 0 spiro atoms. The third-order valence-corrected chi connectivity index (χ3v) is 7.11. The lowest BCUT2D eigenvalue weighted by Crippen LogP contribution is -2.40. The van der Waals surface area contributed by atoms with E-state index in [9.17, 15) is 13.2 Å². The lowest BCUT2D eigenvalue weighted by molar-refractivity contribution is -0.114. The third-order valence-electron chi connectivity index (χ3n) is 4.60. The van der Waals surface area contributed by atoms with Crippen LogP contribution in [0.4, 0.5) is 11.4 Å². The first-order valence-electron chi connectivity index (χ1n) is 8.65. The maximum atomic E-state index is 13.2. The Morgan fingerprint density at radius 1 is 1.00 bits per heavy atom. The first-order valence-corrected chi connectivity index (χ1v) is 10.9. The Labute approximate surface area is 172 Å². The number of aryl methyl sites for hydroxylation is 1. The average molecular weight is 457 g/mol. The molecule has 1 aliphatic heterocycles. The van der Waals surface area contributed by atoms with E-state index in [0.717, 1.165) is 15.6 Å². The number of anilines is 2. The van der Waals surface area contributed by atoms with Crippen molar-refractivity contribution in [2.24, 2.45) is 0 Å². The van der Waals surface area contributed by atoms with Gasteiger partial charge < -0.3 is 5.32 Å². The van der Waals surface area contributed by atoms with Gasteiger partial charge in [0.05, 0.1) is 16.3 Å². The van der Waals surface area contributed by atoms with Gasteiger partial charge in [0.1, 0.15) is 6.54 Å². The second-order valence-electron chi connectivity index (χ2n) is 6.56. The first-order chi connectivity index (χ1) is 13.4. The summed E-state index contributed by atoms with van der Waals surface area (Å²) in [5.74, 6) is -0.415. The fourth-order valence-electron chi connectivity index (χ4n) is 3.30. The smallest absolute Gasteiger partial charge is 0.265 e. The maximum Gasteiger partial charge on any atom is 0.265 e. The van der Waals surface area contributed by atoms with Gasteiger partial charge in [-0.1, -0.05) is 42.0 Å². The molecule has 1 N–H and O–H groups in total. The van der Waals surface area contributed by atoms with E-state index in [0.29, 0.717) is 16.9 Å². The standard InChI is InChI=1S/C21H17BrN2O3S/c1-14-10-11-19-16(12-14)15-6-2-5-9-20(15)28(26,27)24(19)13-21(25)23-18-8-4-3-7-17(18)22/h2-12H,13H2,1H3,(H,23,25). The number of fused-ring (bicyclic) bond motifs is 3. The van der Waals surface area contributed by atoms with Gasteiger partial charge in [0.15, 0.2) is 0 Å². The van der Waals surface area contributed by atoms with Gasteiger partial charge in [-0.05, 0) is 53.2 Å². The summed E-state index contributed by atoms with van der Waals surface area (Å²) >= 11 is 3.38. The molecular weight excluding hydrogens is 440 g/mol. The normalized spacial score (nSPS) is 14.1. The van der Waals surface area contributed by atoms with Crippen molar-refractivity contribution < 1.29 is 13.2 Å². The van der Waals surface area contributed by atoms with Crippen LogP contribution in [-0.2, 0) is 14.8 Å². The molecule has 3 aromatic carbocycles. The Balaban J connectivity index is 1.75. The quantitative estimate of drug-likeness (QED) is 0.627. The van der Waals surface area contributed by atoms with E-state index in [-0.39, 0.29) is 11.4 Å². The molecule has 0 saturated carbocycles. The van der Waals surface area contributed by atoms with E-state index < -0.39 is 15.9 Å². The van der Waals surface area contributed by atoms with Crippen LogP contribution in [0.15, 0.2) is 76.1 Å². The fraction of sp³-hybridized carbons (Fsp3) is 0.0952. The van der Waals surface area contributed by atoms with E-state index >= 15 is 0 Å². The number of carbonyl (C=O) groups is 1. The highest BCUT2D eigenvalue weighted by Gasteiger charge is 2.35. The molecule has 142 valence electrons. The van der Waals surface area contributed by atoms with Gasteiger partial charge in [-0.3, -0.25) is 9.10 Å². The second-order valence-corrected chi connectivity index (χ2v) is 9.24. The summed E-state index contributed by atoms with van der Waals surface area (Å²) in [5.41, 5.74) is 3.58. The minimum Gasteiger partial charge on any atom is -0.323 e. The zero-order valence-electron chi connectivity index (χ0n) is 15.0. The van der Waals surface area contributed by atoms with Crippen molar-refractivity contribution in [3.63, 3.8) is 0 Å². The van der Waals surface area contributed by atoms with Crippen molar-refractivity contribution in [1.29, 1.82) is 0 Å². The number of amides is 1. The molecule has 0 aromatic heterocycles. The Kier molecular flexibility index (Phi) is 4.72. The second kappa shape index (κ2) is 7.07. The van der Waals surface area contributed by atoms with Crippen LogP contribution in [0.5, 0.6) is 0 Å². The van der Waals surface area contributed by atoms with Crippen LogP contribution in [0, 0.1) is 6.92 Å². The number of hydrogen-bond acceptors (Lipinski definition) is 3. The molecule has 3 aromatic rings. The van der Waals surface area contributed by atoms with Crippen LogP contribution < -0.4 is 9.62 Å². The predicted octanol–water partition coefficient (Wildman–Crippen LogP) is 4.57. The van der Waals surface area contributed by atoms with Gasteiger partial charge in [0.25, 0.3) is 10.0 Å². The monoisotopic (exact) mass is 456 g/mol. The highest BCUT2D eigenvalue weighted by molar-refractivity contribution is 9.10. The van der Waals surface area contributed by atoms with E-state index in [2.05, 4.69) is 21.2 Å². The molecule has 0 bridgehead atoms. The molecular formula is C21H17BrN2O3S. The Hall–Kier alpha value is -2.64. The summed E-state index contributed by atoms with van der Waals surface area (Å²) in [6.45, 7) is 1.64. The van der Waals surface area contributed by atoms with Crippen molar-refractivity contribution in [3.8, 4) is 11.1 Å². The minimum absolute atomic E-state index is 0.210. The first kappa shape index (κ1) is 18.7. The van der Waals surface area contributed by atoms with Crippen LogP contribution in [-0.4, -0.2) is 20.9 Å². The zero-order valence-corrected chi connectivity index (χ0v) is 17.4. The summed E-state index contributed by atoms with van der Waals surface area (Å²) in [5, 5.41) is 2.77. The third kappa shape index (κ3) is 3.21. The topological polar surface area (TPSA) is 66.5 Å². The predicted molar refractivity (Wildman–Crippen MR) is 114 cm³/mol. The highest BCUT2D eigenvalue weighted by atomic mass is 79.9. The van der Waals surface area contributed by atoms with Crippen LogP contribution in [0.1, 0.15) is 5.56 Å². The van der Waals surface area contributed by atoms with E-state index in [1.165, 1.54) is 4.31 Å². The number of hydrogen-bond donors (Lipinski definition) is 1. The summed E-state index contributed by atoms with van der Waals surface area (Å²) in [4.78, 5) is 12.9. The van der Waals surface area contributed by atoms with Crippen molar-refractivity contribution >= 4 is 43.2 Å². The molecule has 0 saturated heterocycles. The van der Waals surface area contributed by atoms with Gasteiger partial charge >= 0.3 is 0 Å². The van der Waals surface area contributed by atoms with E-state index in [1.54, 1.807) is 36.4 Å². The molecule has 0 unspecified atom stereocenters. The molecule has 0 aliphatic carbocycles. The molecule has 1 amide bonds. The molecule has 0 atom stereocenters. The Morgan fingerprint density at radius 2 is 1.71 bits per heavy atom. The number of para-hydroxylation sites is 1. The van der Waals surface area contributed by atoms with Gasteiger partial charge in [-0.2, -0.15) is 0 Å². The molecule has 4 rings (SSSR count). The molecule has 0 radical (unpaired) electrons. The van der Waals surface area contributed by atoms with Crippen molar-refractivity contribution in [2.45, 2.75) is 11.8 Å². The SMILES string of the molecule is Cc1ccc2c(c1)-c1ccccc1S(=O)(=O)N2CC(=O)Nc1ccccc1Br. The van der Waals surface area contributed by atoms with Crippen LogP contribution in [0.2, 0.25) is 0 Å². The summed E-state index contributed by atoms with van der Waals surface area (Å²) in [6, 6.07) is 19.6. The summed E-state index contributed by atoms with van der Waals surface area (Å²) < 4.78 is 28.4. The van der Waals surface area contributed by atoms with Crippen molar-refractivity contribution in [3.05, 3.63) is 76.8 Å². The van der Waals surface area contributed by atoms with Crippen molar-refractivity contribution in [2.75, 3.05) is 16.2 Å².